The summed E-state index contributed by atoms with van der Waals surface area (Å²) in [4.78, 5) is 2.75. The summed E-state index contributed by atoms with van der Waals surface area (Å²) in [5.41, 5.74) is 0. The van der Waals surface area contributed by atoms with Crippen LogP contribution in [0.1, 0.15) is 46.0 Å². The summed E-state index contributed by atoms with van der Waals surface area (Å²) in [5, 5.41) is 0. The molecule has 0 aromatic carbocycles. The Morgan fingerprint density at radius 3 is 2.46 bits per heavy atom. The maximum atomic E-state index is 2.75. The summed E-state index contributed by atoms with van der Waals surface area (Å²) in [5.74, 6) is 1.96. The Kier molecular flexibility index (Phi) is 2.92. The lowest BCUT2D eigenvalue weighted by molar-refractivity contribution is 0.206. The van der Waals surface area contributed by atoms with Gasteiger partial charge in [0.1, 0.15) is 0 Å². The first-order chi connectivity index (χ1) is 6.27. The van der Waals surface area contributed by atoms with Crippen molar-refractivity contribution in [2.45, 2.75) is 52.0 Å². The molecule has 2 unspecified atom stereocenters. The standard InChI is InChI=1S/C12H23N/c1-10(2)8-11-9-12(11)13-6-4-3-5-7-13/h10-12H,3-9H2,1-2H3. The van der Waals surface area contributed by atoms with Gasteiger partial charge in [-0.1, -0.05) is 20.3 Å². The number of piperidine rings is 1. The van der Waals surface area contributed by atoms with E-state index in [0.29, 0.717) is 0 Å². The summed E-state index contributed by atoms with van der Waals surface area (Å²) in [6.07, 6.45) is 7.33. The number of hydrogen-bond donors (Lipinski definition) is 0. The molecule has 1 heterocycles. The van der Waals surface area contributed by atoms with Gasteiger partial charge in [0.05, 0.1) is 0 Å². The van der Waals surface area contributed by atoms with Crippen LogP contribution in [0.4, 0.5) is 0 Å². The highest BCUT2D eigenvalue weighted by Gasteiger charge is 2.41. The van der Waals surface area contributed by atoms with Crippen molar-refractivity contribution in [3.8, 4) is 0 Å². The van der Waals surface area contributed by atoms with Gasteiger partial charge in [0.2, 0.25) is 0 Å². The molecule has 2 rings (SSSR count). The van der Waals surface area contributed by atoms with Crippen molar-refractivity contribution in [2.75, 3.05) is 13.1 Å². The third-order valence-corrected chi connectivity index (χ3v) is 3.52. The van der Waals surface area contributed by atoms with Gasteiger partial charge in [0, 0.05) is 6.04 Å². The molecule has 1 aliphatic heterocycles. The highest BCUT2D eigenvalue weighted by Crippen LogP contribution is 2.41. The second-order valence-corrected chi connectivity index (χ2v) is 5.29. The SMILES string of the molecule is CC(C)CC1CC1N1CCCCC1. The van der Waals surface area contributed by atoms with Crippen LogP contribution in [0.3, 0.4) is 0 Å². The Morgan fingerprint density at radius 2 is 1.85 bits per heavy atom. The van der Waals surface area contributed by atoms with Gasteiger partial charge in [-0.05, 0) is 50.6 Å². The third kappa shape index (κ3) is 2.46. The van der Waals surface area contributed by atoms with E-state index in [9.17, 15) is 0 Å². The van der Waals surface area contributed by atoms with E-state index in [0.717, 1.165) is 17.9 Å². The zero-order valence-electron chi connectivity index (χ0n) is 9.13. The largest absolute Gasteiger partial charge is 0.300 e. The van der Waals surface area contributed by atoms with Gasteiger partial charge in [-0.15, -0.1) is 0 Å². The zero-order valence-corrected chi connectivity index (χ0v) is 9.13. The number of nitrogens with zero attached hydrogens (tertiary/aromatic N) is 1. The monoisotopic (exact) mass is 181 g/mol. The van der Waals surface area contributed by atoms with Crippen molar-refractivity contribution < 1.29 is 0 Å². The van der Waals surface area contributed by atoms with Crippen molar-refractivity contribution in [3.05, 3.63) is 0 Å². The second-order valence-electron chi connectivity index (χ2n) is 5.29. The molecule has 2 aliphatic rings. The first kappa shape index (κ1) is 9.51. The van der Waals surface area contributed by atoms with Crippen LogP contribution in [0.25, 0.3) is 0 Å². The molecule has 1 aliphatic carbocycles. The summed E-state index contributed by atoms with van der Waals surface area (Å²) >= 11 is 0. The van der Waals surface area contributed by atoms with Gasteiger partial charge in [-0.3, -0.25) is 0 Å². The molecule has 0 aromatic heterocycles. The quantitative estimate of drug-likeness (QED) is 0.647. The molecular formula is C12H23N. The van der Waals surface area contributed by atoms with E-state index in [2.05, 4.69) is 18.7 Å². The lowest BCUT2D eigenvalue weighted by atomic mass is 10.1. The minimum atomic E-state index is 0.903. The van der Waals surface area contributed by atoms with Crippen LogP contribution in [-0.4, -0.2) is 24.0 Å². The van der Waals surface area contributed by atoms with Gasteiger partial charge < -0.3 is 4.90 Å². The van der Waals surface area contributed by atoms with Crippen LogP contribution in [-0.2, 0) is 0 Å². The van der Waals surface area contributed by atoms with E-state index >= 15 is 0 Å². The maximum Gasteiger partial charge on any atom is 0.0127 e. The van der Waals surface area contributed by atoms with Crippen LogP contribution < -0.4 is 0 Å². The zero-order chi connectivity index (χ0) is 9.26. The van der Waals surface area contributed by atoms with Crippen molar-refractivity contribution >= 4 is 0 Å². The van der Waals surface area contributed by atoms with Crippen LogP contribution >= 0.6 is 0 Å². The van der Waals surface area contributed by atoms with E-state index < -0.39 is 0 Å². The highest BCUT2D eigenvalue weighted by molar-refractivity contribution is 4.95. The first-order valence-corrected chi connectivity index (χ1v) is 6.01. The molecule has 2 atom stereocenters. The average Bonchev–Trinajstić information content (AvgIpc) is 2.84. The molecule has 1 saturated carbocycles. The molecule has 0 spiro atoms. The van der Waals surface area contributed by atoms with Gasteiger partial charge in [-0.2, -0.15) is 0 Å². The molecule has 1 heteroatoms. The van der Waals surface area contributed by atoms with E-state index in [1.165, 1.54) is 45.2 Å². The third-order valence-electron chi connectivity index (χ3n) is 3.52. The predicted molar refractivity (Wildman–Crippen MR) is 56.8 cm³/mol. The first-order valence-electron chi connectivity index (χ1n) is 6.01. The molecule has 0 N–H and O–H groups in total. The predicted octanol–water partition coefficient (Wildman–Crippen LogP) is 2.91. The summed E-state index contributed by atoms with van der Waals surface area (Å²) < 4.78 is 0. The second kappa shape index (κ2) is 4.00. The van der Waals surface area contributed by atoms with Crippen molar-refractivity contribution in [3.63, 3.8) is 0 Å². The van der Waals surface area contributed by atoms with Gasteiger partial charge in [0.25, 0.3) is 0 Å². The molecule has 0 aromatic rings. The van der Waals surface area contributed by atoms with Crippen LogP contribution in [0.15, 0.2) is 0 Å². The normalized spacial score (nSPS) is 35.3. The fraction of sp³-hybridized carbons (Fsp3) is 1.00. The lowest BCUT2D eigenvalue weighted by Gasteiger charge is -2.27. The molecule has 76 valence electrons. The average molecular weight is 181 g/mol. The summed E-state index contributed by atoms with van der Waals surface area (Å²) in [6, 6.07) is 0.989. The molecule has 0 radical (unpaired) electrons. The maximum absolute atomic E-state index is 2.75. The highest BCUT2D eigenvalue weighted by atomic mass is 15.2. The number of rotatable bonds is 3. The number of likely N-dealkylation sites (tertiary alicyclic amines) is 1. The topological polar surface area (TPSA) is 3.24 Å². The Hall–Kier alpha value is -0.0400. The van der Waals surface area contributed by atoms with Crippen LogP contribution in [0.5, 0.6) is 0 Å². The molecule has 0 amide bonds. The number of hydrogen-bond acceptors (Lipinski definition) is 1. The molecular weight excluding hydrogens is 158 g/mol. The Balaban J connectivity index is 1.71. The van der Waals surface area contributed by atoms with Crippen molar-refractivity contribution in [1.82, 2.24) is 4.90 Å². The van der Waals surface area contributed by atoms with E-state index in [1.807, 2.05) is 0 Å². The Morgan fingerprint density at radius 1 is 1.15 bits per heavy atom. The molecule has 2 fully saturated rings. The lowest BCUT2D eigenvalue weighted by Crippen LogP contribution is -2.32. The van der Waals surface area contributed by atoms with Crippen LogP contribution in [0.2, 0.25) is 0 Å². The minimum absolute atomic E-state index is 0.903. The fourth-order valence-electron chi connectivity index (χ4n) is 2.79. The Labute approximate surface area is 82.5 Å². The van der Waals surface area contributed by atoms with Crippen molar-refractivity contribution in [1.29, 1.82) is 0 Å². The van der Waals surface area contributed by atoms with Gasteiger partial charge in [0.15, 0.2) is 0 Å². The molecule has 0 bridgehead atoms. The van der Waals surface area contributed by atoms with Gasteiger partial charge in [-0.25, -0.2) is 0 Å². The molecule has 1 nitrogen and oxygen atoms in total. The summed E-state index contributed by atoms with van der Waals surface area (Å²) in [6.45, 7) is 7.48. The van der Waals surface area contributed by atoms with Crippen LogP contribution in [0, 0.1) is 11.8 Å². The van der Waals surface area contributed by atoms with E-state index in [4.69, 9.17) is 0 Å². The van der Waals surface area contributed by atoms with Gasteiger partial charge >= 0.3 is 0 Å². The van der Waals surface area contributed by atoms with Crippen molar-refractivity contribution in [2.24, 2.45) is 11.8 Å². The fourth-order valence-corrected chi connectivity index (χ4v) is 2.79. The van der Waals surface area contributed by atoms with E-state index in [-0.39, 0.29) is 0 Å². The summed E-state index contributed by atoms with van der Waals surface area (Å²) in [7, 11) is 0. The molecule has 13 heavy (non-hydrogen) atoms. The van der Waals surface area contributed by atoms with E-state index in [1.54, 1.807) is 0 Å². The Bertz CT molecular complexity index is 159. The smallest absolute Gasteiger partial charge is 0.0127 e. The minimum Gasteiger partial charge on any atom is -0.300 e. The molecule has 1 saturated heterocycles.